The first-order valence-electron chi connectivity index (χ1n) is 5.73. The van der Waals surface area contributed by atoms with E-state index in [1.807, 2.05) is 0 Å². The number of nitro groups is 1. The Bertz CT molecular complexity index is 710. The van der Waals surface area contributed by atoms with Gasteiger partial charge in [-0.1, -0.05) is 6.07 Å². The Morgan fingerprint density at radius 1 is 1.10 bits per heavy atom. The second kappa shape index (κ2) is 6.23. The second-order valence-corrected chi connectivity index (χ2v) is 4.42. The van der Waals surface area contributed by atoms with Crippen LogP contribution in [-0.2, 0) is 0 Å². The number of hydrogen-bond donors (Lipinski definition) is 2. The van der Waals surface area contributed by atoms with Crippen LogP contribution in [0, 0.1) is 21.7 Å². The van der Waals surface area contributed by atoms with Crippen LogP contribution in [0.3, 0.4) is 0 Å². The van der Waals surface area contributed by atoms with E-state index in [0.29, 0.717) is 5.69 Å². The van der Waals surface area contributed by atoms with Gasteiger partial charge in [-0.2, -0.15) is 4.39 Å². The van der Waals surface area contributed by atoms with Gasteiger partial charge in [0.25, 0.3) is 0 Å². The molecule has 0 aliphatic rings. The molecule has 0 aliphatic heterocycles. The molecule has 0 bridgehead atoms. The number of halogens is 2. The molecule has 2 aromatic rings. The highest BCUT2D eigenvalue weighted by Crippen LogP contribution is 2.21. The maximum atomic E-state index is 13.2. The van der Waals surface area contributed by atoms with E-state index >= 15 is 0 Å². The molecule has 2 N–H and O–H groups in total. The van der Waals surface area contributed by atoms with E-state index in [0.717, 1.165) is 12.1 Å². The van der Waals surface area contributed by atoms with E-state index in [1.165, 1.54) is 24.3 Å². The van der Waals surface area contributed by atoms with Gasteiger partial charge in [-0.25, -0.2) is 4.39 Å². The Morgan fingerprint density at radius 2 is 1.76 bits per heavy atom. The maximum absolute atomic E-state index is 13.2. The zero-order valence-corrected chi connectivity index (χ0v) is 11.3. The summed E-state index contributed by atoms with van der Waals surface area (Å²) in [5.74, 6) is -1.37. The van der Waals surface area contributed by atoms with Crippen molar-refractivity contribution in [2.45, 2.75) is 0 Å². The fraction of sp³-hybridized carbons (Fsp3) is 0. The summed E-state index contributed by atoms with van der Waals surface area (Å²) in [6.07, 6.45) is 0. The summed E-state index contributed by atoms with van der Waals surface area (Å²) in [4.78, 5) is 9.81. The molecule has 8 heteroatoms. The van der Waals surface area contributed by atoms with Crippen molar-refractivity contribution in [3.8, 4) is 0 Å². The first-order chi connectivity index (χ1) is 9.95. The monoisotopic (exact) mass is 309 g/mol. The van der Waals surface area contributed by atoms with E-state index in [1.54, 1.807) is 6.07 Å². The number of benzene rings is 2. The molecular weight excluding hydrogens is 300 g/mol. The standard InChI is InChI=1S/C13H9F2N3O2S/c14-8-2-1-3-9(6-8)16-13(21)17-10-4-5-11(15)12(7-10)18(19)20/h1-7H,(H2,16,17,21). The van der Waals surface area contributed by atoms with Gasteiger partial charge in [0.1, 0.15) is 5.82 Å². The number of nitrogens with zero attached hydrogens (tertiary/aromatic N) is 1. The molecule has 21 heavy (non-hydrogen) atoms. The third-order valence-corrected chi connectivity index (χ3v) is 2.69. The highest BCUT2D eigenvalue weighted by atomic mass is 32.1. The Labute approximate surface area is 123 Å². The largest absolute Gasteiger partial charge is 0.332 e. The van der Waals surface area contributed by atoms with Gasteiger partial charge in [0.05, 0.1) is 4.92 Å². The summed E-state index contributed by atoms with van der Waals surface area (Å²) < 4.78 is 26.2. The van der Waals surface area contributed by atoms with Crippen molar-refractivity contribution in [1.82, 2.24) is 0 Å². The molecule has 5 nitrogen and oxygen atoms in total. The van der Waals surface area contributed by atoms with Gasteiger partial charge in [-0.3, -0.25) is 10.1 Å². The lowest BCUT2D eigenvalue weighted by Crippen LogP contribution is -2.19. The Morgan fingerprint density at radius 3 is 2.38 bits per heavy atom. The lowest BCUT2D eigenvalue weighted by atomic mass is 10.2. The second-order valence-electron chi connectivity index (χ2n) is 4.01. The van der Waals surface area contributed by atoms with E-state index < -0.39 is 22.2 Å². The zero-order valence-electron chi connectivity index (χ0n) is 10.5. The predicted molar refractivity (Wildman–Crippen MR) is 79.3 cm³/mol. The van der Waals surface area contributed by atoms with Crippen LogP contribution in [0.2, 0.25) is 0 Å². The summed E-state index contributed by atoms with van der Waals surface area (Å²) in [6, 6.07) is 8.92. The summed E-state index contributed by atoms with van der Waals surface area (Å²) in [6.45, 7) is 0. The molecule has 2 rings (SSSR count). The van der Waals surface area contributed by atoms with Crippen molar-refractivity contribution >= 4 is 34.4 Å². The minimum Gasteiger partial charge on any atom is -0.332 e. The highest BCUT2D eigenvalue weighted by Gasteiger charge is 2.14. The molecule has 0 amide bonds. The lowest BCUT2D eigenvalue weighted by Gasteiger charge is -2.10. The van der Waals surface area contributed by atoms with E-state index in [4.69, 9.17) is 12.2 Å². The fourth-order valence-corrected chi connectivity index (χ4v) is 1.83. The summed E-state index contributed by atoms with van der Waals surface area (Å²) in [7, 11) is 0. The molecule has 0 unspecified atom stereocenters. The van der Waals surface area contributed by atoms with Crippen LogP contribution in [0.25, 0.3) is 0 Å². The Balaban J connectivity index is 2.09. The number of anilines is 2. The molecule has 0 spiro atoms. The lowest BCUT2D eigenvalue weighted by molar-refractivity contribution is -0.387. The minimum absolute atomic E-state index is 0.0986. The quantitative estimate of drug-likeness (QED) is 0.514. The van der Waals surface area contributed by atoms with E-state index in [-0.39, 0.29) is 10.8 Å². The smallest absolute Gasteiger partial charge is 0.306 e. The van der Waals surface area contributed by atoms with Crippen LogP contribution in [0.1, 0.15) is 0 Å². The number of nitro benzene ring substituents is 1. The first kappa shape index (κ1) is 14.8. The van der Waals surface area contributed by atoms with Gasteiger partial charge in [-0.05, 0) is 42.5 Å². The van der Waals surface area contributed by atoms with Crippen LogP contribution >= 0.6 is 12.2 Å². The number of hydrogen-bond acceptors (Lipinski definition) is 3. The van der Waals surface area contributed by atoms with Crippen LogP contribution < -0.4 is 10.6 Å². The van der Waals surface area contributed by atoms with Crippen LogP contribution in [0.4, 0.5) is 25.8 Å². The van der Waals surface area contributed by atoms with Crippen molar-refractivity contribution in [3.05, 3.63) is 64.2 Å². The van der Waals surface area contributed by atoms with Gasteiger partial charge >= 0.3 is 5.69 Å². The molecule has 0 saturated carbocycles. The average molecular weight is 309 g/mol. The molecule has 0 aromatic heterocycles. The Kier molecular flexibility index (Phi) is 4.39. The van der Waals surface area contributed by atoms with Crippen LogP contribution in [-0.4, -0.2) is 10.0 Å². The highest BCUT2D eigenvalue weighted by molar-refractivity contribution is 7.80. The van der Waals surface area contributed by atoms with E-state index in [2.05, 4.69) is 10.6 Å². The normalized spacial score (nSPS) is 10.0. The first-order valence-corrected chi connectivity index (χ1v) is 6.14. The average Bonchev–Trinajstić information content (AvgIpc) is 2.40. The summed E-state index contributed by atoms with van der Waals surface area (Å²) >= 11 is 4.99. The molecule has 0 atom stereocenters. The third kappa shape index (κ3) is 3.93. The molecular formula is C13H9F2N3O2S. The van der Waals surface area contributed by atoms with Crippen molar-refractivity contribution < 1.29 is 13.7 Å². The molecule has 0 fully saturated rings. The van der Waals surface area contributed by atoms with Crippen LogP contribution in [0.15, 0.2) is 42.5 Å². The summed E-state index contributed by atoms with van der Waals surface area (Å²) in [5.41, 5.74) is 0.00895. The van der Waals surface area contributed by atoms with Gasteiger partial charge in [-0.15, -0.1) is 0 Å². The fourth-order valence-electron chi connectivity index (χ4n) is 1.59. The number of rotatable bonds is 3. The summed E-state index contributed by atoms with van der Waals surface area (Å²) in [5, 5.41) is 16.1. The van der Waals surface area contributed by atoms with Gasteiger partial charge in [0, 0.05) is 17.4 Å². The third-order valence-electron chi connectivity index (χ3n) is 2.48. The molecule has 0 aliphatic carbocycles. The van der Waals surface area contributed by atoms with Gasteiger partial charge < -0.3 is 10.6 Å². The molecule has 0 radical (unpaired) electrons. The molecule has 108 valence electrons. The van der Waals surface area contributed by atoms with Crippen molar-refractivity contribution in [2.75, 3.05) is 10.6 Å². The number of thiocarbonyl (C=S) groups is 1. The Hall–Kier alpha value is -2.61. The van der Waals surface area contributed by atoms with Crippen molar-refractivity contribution in [2.24, 2.45) is 0 Å². The minimum atomic E-state index is -0.936. The number of nitrogens with one attached hydrogen (secondary N) is 2. The maximum Gasteiger partial charge on any atom is 0.306 e. The topological polar surface area (TPSA) is 67.2 Å². The van der Waals surface area contributed by atoms with Crippen molar-refractivity contribution in [1.29, 1.82) is 0 Å². The van der Waals surface area contributed by atoms with Crippen molar-refractivity contribution in [3.63, 3.8) is 0 Å². The molecule has 2 aromatic carbocycles. The van der Waals surface area contributed by atoms with Gasteiger partial charge in [0.15, 0.2) is 5.11 Å². The van der Waals surface area contributed by atoms with Crippen LogP contribution in [0.5, 0.6) is 0 Å². The molecule has 0 saturated heterocycles. The predicted octanol–water partition coefficient (Wildman–Crippen LogP) is 3.68. The van der Waals surface area contributed by atoms with E-state index in [9.17, 15) is 18.9 Å². The SMILES string of the molecule is O=[N+]([O-])c1cc(NC(=S)Nc2cccc(F)c2)ccc1F. The zero-order chi connectivity index (χ0) is 15.4. The molecule has 0 heterocycles. The van der Waals surface area contributed by atoms with Gasteiger partial charge in [0.2, 0.25) is 5.82 Å².